The average molecular weight is 493 g/mol. The number of ketones is 1. The molecule has 0 saturated carbocycles. The van der Waals surface area contributed by atoms with E-state index in [4.69, 9.17) is 8.83 Å². The fraction of sp³-hybridized carbons (Fsp3) is 0.154. The fourth-order valence-corrected chi connectivity index (χ4v) is 4.48. The van der Waals surface area contributed by atoms with Crippen LogP contribution in [0.15, 0.2) is 99.1 Å². The van der Waals surface area contributed by atoms with Crippen molar-refractivity contribution in [2.24, 2.45) is 0 Å². The van der Waals surface area contributed by atoms with Gasteiger partial charge in [0.25, 0.3) is 5.91 Å². The van der Waals surface area contributed by atoms with Crippen molar-refractivity contribution in [3.63, 3.8) is 0 Å². The smallest absolute Gasteiger partial charge is 0.254 e. The van der Waals surface area contributed by atoms with Gasteiger partial charge in [0, 0.05) is 17.7 Å². The van der Waals surface area contributed by atoms with Crippen LogP contribution >= 0.6 is 0 Å². The third-order valence-electron chi connectivity index (χ3n) is 5.38. The second-order valence-electron chi connectivity index (χ2n) is 7.92. The van der Waals surface area contributed by atoms with Gasteiger partial charge in [0.15, 0.2) is 5.78 Å². The number of carbonyl (C=O) groups is 2. The van der Waals surface area contributed by atoms with Gasteiger partial charge >= 0.3 is 0 Å². The maximum atomic E-state index is 13.2. The van der Waals surface area contributed by atoms with Gasteiger partial charge in [-0.2, -0.15) is 0 Å². The summed E-state index contributed by atoms with van der Waals surface area (Å²) in [4.78, 5) is 26.3. The second kappa shape index (κ2) is 10.5. The summed E-state index contributed by atoms with van der Waals surface area (Å²) in [6.45, 7) is 2.02. The number of furan rings is 2. The van der Waals surface area contributed by atoms with Gasteiger partial charge in [0.2, 0.25) is 10.0 Å². The number of hydrogen-bond acceptors (Lipinski definition) is 6. The van der Waals surface area contributed by atoms with Crippen LogP contribution in [0.2, 0.25) is 0 Å². The highest BCUT2D eigenvalue weighted by Gasteiger charge is 2.19. The number of rotatable bonds is 10. The monoisotopic (exact) mass is 492 g/mol. The lowest BCUT2D eigenvalue weighted by Gasteiger charge is -2.21. The SMILES string of the molecule is CC(=O)c1ccc(S(=O)(=O)NCc2ccc(C(=O)N(Cc3ccco3)Cc3ccco3)cc2)cc1. The van der Waals surface area contributed by atoms with Gasteiger partial charge in [-0.1, -0.05) is 24.3 Å². The summed E-state index contributed by atoms with van der Waals surface area (Å²) in [7, 11) is -3.76. The highest BCUT2D eigenvalue weighted by molar-refractivity contribution is 7.89. The van der Waals surface area contributed by atoms with Crippen molar-refractivity contribution >= 4 is 21.7 Å². The molecule has 4 aromatic rings. The molecule has 180 valence electrons. The molecule has 0 saturated heterocycles. The molecule has 8 nitrogen and oxygen atoms in total. The average Bonchev–Trinajstić information content (AvgIpc) is 3.57. The molecule has 2 aromatic heterocycles. The number of Topliss-reactive ketones (excluding diaryl/α,β-unsaturated/α-hetero) is 1. The van der Waals surface area contributed by atoms with E-state index in [0.29, 0.717) is 28.2 Å². The third kappa shape index (κ3) is 6.14. The molecule has 4 rings (SSSR count). The minimum absolute atomic E-state index is 0.0494. The largest absolute Gasteiger partial charge is 0.467 e. The Morgan fingerprint density at radius 3 is 1.83 bits per heavy atom. The summed E-state index contributed by atoms with van der Waals surface area (Å²) in [5, 5.41) is 0. The maximum Gasteiger partial charge on any atom is 0.254 e. The molecule has 1 amide bonds. The van der Waals surface area contributed by atoms with E-state index < -0.39 is 10.0 Å². The number of sulfonamides is 1. The van der Waals surface area contributed by atoms with Gasteiger partial charge in [-0.25, -0.2) is 13.1 Å². The van der Waals surface area contributed by atoms with Crippen LogP contribution in [0.4, 0.5) is 0 Å². The first-order valence-electron chi connectivity index (χ1n) is 10.9. The minimum atomic E-state index is -3.76. The van der Waals surface area contributed by atoms with E-state index in [-0.39, 0.29) is 36.2 Å². The van der Waals surface area contributed by atoms with Gasteiger partial charge in [0.05, 0.1) is 30.5 Å². The molecule has 0 radical (unpaired) electrons. The van der Waals surface area contributed by atoms with Crippen LogP contribution in [0.3, 0.4) is 0 Å². The van der Waals surface area contributed by atoms with Crippen LogP contribution in [0.25, 0.3) is 0 Å². The van der Waals surface area contributed by atoms with Crippen LogP contribution in [-0.2, 0) is 29.7 Å². The van der Waals surface area contributed by atoms with Crippen molar-refractivity contribution in [1.82, 2.24) is 9.62 Å². The van der Waals surface area contributed by atoms with Gasteiger partial charge in [-0.3, -0.25) is 9.59 Å². The Kier molecular flexibility index (Phi) is 7.28. The Hall–Kier alpha value is -3.95. The third-order valence-corrected chi connectivity index (χ3v) is 6.80. The van der Waals surface area contributed by atoms with E-state index in [1.165, 1.54) is 31.2 Å². The normalized spacial score (nSPS) is 11.3. The molecule has 35 heavy (non-hydrogen) atoms. The number of hydrogen-bond donors (Lipinski definition) is 1. The zero-order chi connectivity index (χ0) is 24.8. The van der Waals surface area contributed by atoms with Crippen molar-refractivity contribution in [1.29, 1.82) is 0 Å². The van der Waals surface area contributed by atoms with Crippen molar-refractivity contribution in [2.75, 3.05) is 0 Å². The lowest BCUT2D eigenvalue weighted by molar-refractivity contribution is 0.0704. The Morgan fingerprint density at radius 1 is 0.800 bits per heavy atom. The molecule has 9 heteroatoms. The van der Waals surface area contributed by atoms with Crippen molar-refractivity contribution in [2.45, 2.75) is 31.5 Å². The molecule has 0 fully saturated rings. The first-order valence-corrected chi connectivity index (χ1v) is 12.3. The summed E-state index contributed by atoms with van der Waals surface area (Å²) in [6.07, 6.45) is 3.11. The first-order chi connectivity index (χ1) is 16.8. The van der Waals surface area contributed by atoms with Gasteiger partial charge in [0.1, 0.15) is 11.5 Å². The van der Waals surface area contributed by atoms with Crippen LogP contribution in [0.5, 0.6) is 0 Å². The van der Waals surface area contributed by atoms with E-state index >= 15 is 0 Å². The topological polar surface area (TPSA) is 110 Å². The summed E-state index contributed by atoms with van der Waals surface area (Å²) >= 11 is 0. The Bertz CT molecular complexity index is 1340. The molecular formula is C26H24N2O6S. The first kappa shape index (κ1) is 24.2. The molecular weight excluding hydrogens is 468 g/mol. The highest BCUT2D eigenvalue weighted by atomic mass is 32.2. The predicted molar refractivity (Wildman–Crippen MR) is 128 cm³/mol. The molecule has 0 aliphatic rings. The summed E-state index contributed by atoms with van der Waals surface area (Å²) in [6, 6.07) is 19.6. The minimum Gasteiger partial charge on any atom is -0.467 e. The second-order valence-corrected chi connectivity index (χ2v) is 9.69. The van der Waals surface area contributed by atoms with Crippen molar-refractivity contribution < 1.29 is 26.8 Å². The Morgan fingerprint density at radius 2 is 1.34 bits per heavy atom. The van der Waals surface area contributed by atoms with Crippen molar-refractivity contribution in [3.05, 3.63) is 114 Å². The van der Waals surface area contributed by atoms with Gasteiger partial charge in [-0.05, 0) is 61.0 Å². The number of nitrogens with zero attached hydrogens (tertiary/aromatic N) is 1. The predicted octanol–water partition coefficient (Wildman–Crippen LogP) is 4.40. The lowest BCUT2D eigenvalue weighted by atomic mass is 10.1. The van der Waals surface area contributed by atoms with E-state index in [9.17, 15) is 18.0 Å². The number of benzene rings is 2. The Balaban J connectivity index is 1.42. The number of nitrogens with one attached hydrogen (secondary N) is 1. The fourth-order valence-electron chi connectivity index (χ4n) is 3.46. The van der Waals surface area contributed by atoms with E-state index in [1.54, 1.807) is 66.0 Å². The highest BCUT2D eigenvalue weighted by Crippen LogP contribution is 2.17. The van der Waals surface area contributed by atoms with Crippen LogP contribution < -0.4 is 4.72 Å². The van der Waals surface area contributed by atoms with E-state index in [0.717, 1.165) is 0 Å². The molecule has 0 spiro atoms. The lowest BCUT2D eigenvalue weighted by Crippen LogP contribution is -2.30. The van der Waals surface area contributed by atoms with Crippen LogP contribution in [0, 0.1) is 0 Å². The molecule has 0 bridgehead atoms. The molecule has 0 atom stereocenters. The molecule has 0 aliphatic heterocycles. The van der Waals surface area contributed by atoms with Crippen LogP contribution in [0.1, 0.15) is 44.7 Å². The Labute approximate surface area is 203 Å². The molecule has 0 aliphatic carbocycles. The maximum absolute atomic E-state index is 13.2. The zero-order valence-electron chi connectivity index (χ0n) is 19.0. The molecule has 2 aromatic carbocycles. The molecule has 0 unspecified atom stereocenters. The number of amides is 1. The zero-order valence-corrected chi connectivity index (χ0v) is 19.8. The van der Waals surface area contributed by atoms with E-state index in [2.05, 4.69) is 4.72 Å². The number of carbonyl (C=O) groups excluding carboxylic acids is 2. The van der Waals surface area contributed by atoms with Gasteiger partial charge in [-0.15, -0.1) is 0 Å². The molecule has 2 heterocycles. The van der Waals surface area contributed by atoms with Crippen LogP contribution in [-0.4, -0.2) is 25.0 Å². The standard InChI is InChI=1S/C26H24N2O6S/c1-19(29)21-10-12-25(13-11-21)35(31,32)27-16-20-6-8-22(9-7-20)26(30)28(17-23-4-2-14-33-23)18-24-5-3-15-34-24/h2-15,27H,16-18H2,1H3. The summed E-state index contributed by atoms with van der Waals surface area (Å²) in [5.74, 6) is 0.943. The quantitative estimate of drug-likeness (QED) is 0.329. The molecule has 1 N–H and O–H groups in total. The van der Waals surface area contributed by atoms with Crippen molar-refractivity contribution in [3.8, 4) is 0 Å². The van der Waals surface area contributed by atoms with Gasteiger partial charge < -0.3 is 13.7 Å². The van der Waals surface area contributed by atoms with E-state index in [1.807, 2.05) is 0 Å². The summed E-state index contributed by atoms with van der Waals surface area (Å²) < 4.78 is 38.5. The summed E-state index contributed by atoms with van der Waals surface area (Å²) in [5.41, 5.74) is 1.58.